The van der Waals surface area contributed by atoms with E-state index in [-0.39, 0.29) is 29.9 Å². The van der Waals surface area contributed by atoms with Crippen molar-refractivity contribution in [1.29, 1.82) is 0 Å². The number of carbonyl (C=O) groups excluding carboxylic acids is 4. The first-order valence-electron chi connectivity index (χ1n) is 17.9. The van der Waals surface area contributed by atoms with E-state index >= 15 is 4.79 Å². The lowest BCUT2D eigenvalue weighted by atomic mass is 9.99. The molecular formula is C43H42N4O7S2. The summed E-state index contributed by atoms with van der Waals surface area (Å²) in [5, 5.41) is 4.69. The minimum absolute atomic E-state index is 0.0940. The third-order valence-electron chi connectivity index (χ3n) is 9.62. The number of esters is 1. The van der Waals surface area contributed by atoms with Crippen molar-refractivity contribution in [3.05, 3.63) is 147 Å². The van der Waals surface area contributed by atoms with Gasteiger partial charge in [0, 0.05) is 42.6 Å². The molecule has 0 saturated heterocycles. The number of thiophene rings is 1. The quantitative estimate of drug-likeness (QED) is 0.116. The number of nitrogens with zero attached hydrogens (tertiary/aromatic N) is 2. The Balaban J connectivity index is 1.48. The zero-order valence-electron chi connectivity index (χ0n) is 31.4. The van der Waals surface area contributed by atoms with Crippen LogP contribution < -0.4 is 5.73 Å². The molecule has 0 fully saturated rings. The van der Waals surface area contributed by atoms with E-state index in [1.54, 1.807) is 42.7 Å². The van der Waals surface area contributed by atoms with Crippen molar-refractivity contribution < 1.29 is 32.3 Å². The van der Waals surface area contributed by atoms with Gasteiger partial charge in [0.1, 0.15) is 12.1 Å². The molecule has 13 heteroatoms. The van der Waals surface area contributed by atoms with E-state index in [4.69, 9.17) is 10.5 Å². The number of H-pyrrole nitrogens is 1. The first-order chi connectivity index (χ1) is 26.8. The van der Waals surface area contributed by atoms with Gasteiger partial charge in [-0.3, -0.25) is 14.4 Å². The molecule has 56 heavy (non-hydrogen) atoms. The van der Waals surface area contributed by atoms with Gasteiger partial charge in [0.15, 0.2) is 0 Å². The van der Waals surface area contributed by atoms with Crippen LogP contribution in [0.4, 0.5) is 0 Å². The van der Waals surface area contributed by atoms with Gasteiger partial charge >= 0.3 is 5.97 Å². The molecule has 0 unspecified atom stereocenters. The molecule has 2 heterocycles. The summed E-state index contributed by atoms with van der Waals surface area (Å²) in [7, 11) is -3.44. The van der Waals surface area contributed by atoms with Crippen LogP contribution in [0.5, 0.6) is 0 Å². The molecule has 0 bridgehead atoms. The van der Waals surface area contributed by atoms with Crippen LogP contribution in [0.1, 0.15) is 49.9 Å². The molecule has 0 aliphatic heterocycles. The number of primary amides is 1. The summed E-state index contributed by atoms with van der Waals surface area (Å²) in [6, 6.07) is 23.8. The maximum Gasteiger partial charge on any atom is 0.338 e. The summed E-state index contributed by atoms with van der Waals surface area (Å²) in [6.45, 7) is 5.46. The normalized spacial score (nSPS) is 12.5. The van der Waals surface area contributed by atoms with Crippen LogP contribution in [0.15, 0.2) is 119 Å². The van der Waals surface area contributed by atoms with Crippen LogP contribution in [-0.2, 0) is 37.2 Å². The molecule has 0 spiro atoms. The number of sulfonamides is 1. The van der Waals surface area contributed by atoms with Crippen molar-refractivity contribution in [2.24, 2.45) is 5.73 Å². The topological polar surface area (TPSA) is 160 Å². The molecule has 2 aromatic heterocycles. The van der Waals surface area contributed by atoms with Crippen molar-refractivity contribution in [3.63, 3.8) is 0 Å². The lowest BCUT2D eigenvalue weighted by Crippen LogP contribution is -2.58. The van der Waals surface area contributed by atoms with Crippen LogP contribution in [0, 0.1) is 13.8 Å². The van der Waals surface area contributed by atoms with Crippen molar-refractivity contribution in [2.75, 3.05) is 13.7 Å². The molecule has 288 valence electrons. The van der Waals surface area contributed by atoms with E-state index in [1.165, 1.54) is 36.2 Å². The Bertz CT molecular complexity index is 2470. The number of hydrogen-bond acceptors (Lipinski definition) is 8. The highest BCUT2D eigenvalue weighted by atomic mass is 32.2. The average molecular weight is 791 g/mol. The fourth-order valence-corrected chi connectivity index (χ4v) is 9.05. The number of nitrogens with one attached hydrogen (secondary N) is 1. The molecule has 3 N–H and O–H groups in total. The molecular weight excluding hydrogens is 749 g/mol. The molecule has 11 nitrogen and oxygen atoms in total. The summed E-state index contributed by atoms with van der Waals surface area (Å²) in [4.78, 5) is 59.5. The maximum atomic E-state index is 15.3. The van der Waals surface area contributed by atoms with Gasteiger partial charge in [0.2, 0.25) is 5.91 Å². The van der Waals surface area contributed by atoms with Crippen LogP contribution in [0.2, 0.25) is 0 Å². The summed E-state index contributed by atoms with van der Waals surface area (Å²) in [5.41, 5.74) is 12.0. The molecule has 0 aliphatic rings. The largest absolute Gasteiger partial charge is 0.462 e. The Morgan fingerprint density at radius 1 is 0.821 bits per heavy atom. The molecule has 4 aromatic carbocycles. The number of hydrogen-bond donors (Lipinski definition) is 2. The Hall–Kier alpha value is -6.05. The molecule has 2 atom stereocenters. The highest BCUT2D eigenvalue weighted by Crippen LogP contribution is 2.29. The predicted molar refractivity (Wildman–Crippen MR) is 217 cm³/mol. The summed E-state index contributed by atoms with van der Waals surface area (Å²) in [6.07, 6.45) is 1.29. The number of amides is 3. The van der Waals surface area contributed by atoms with E-state index in [0.29, 0.717) is 26.4 Å². The highest BCUT2D eigenvalue weighted by molar-refractivity contribution is 7.89. The van der Waals surface area contributed by atoms with Crippen molar-refractivity contribution >= 4 is 56.0 Å². The van der Waals surface area contributed by atoms with Gasteiger partial charge in [-0.05, 0) is 102 Å². The number of aromatic nitrogens is 1. The predicted octanol–water partition coefficient (Wildman–Crippen LogP) is 6.69. The molecule has 6 aromatic rings. The second-order valence-corrected chi connectivity index (χ2v) is 16.2. The Labute approximate surface area is 329 Å². The van der Waals surface area contributed by atoms with Crippen LogP contribution in [0.25, 0.3) is 22.0 Å². The van der Waals surface area contributed by atoms with Crippen LogP contribution in [0.3, 0.4) is 0 Å². The minimum Gasteiger partial charge on any atom is -0.462 e. The zero-order chi connectivity index (χ0) is 40.1. The molecule has 0 saturated carbocycles. The third kappa shape index (κ3) is 8.43. The maximum absolute atomic E-state index is 15.3. The smallest absolute Gasteiger partial charge is 0.338 e. The van der Waals surface area contributed by atoms with Crippen LogP contribution in [-0.4, -0.2) is 72.0 Å². The summed E-state index contributed by atoms with van der Waals surface area (Å²) >= 11 is 1.56. The number of likely N-dealkylation sites (N-methyl/N-ethyl adjacent to an activating group) is 1. The number of fused-ring (bicyclic) bond motifs is 1. The second kappa shape index (κ2) is 16.8. The molecule has 0 radical (unpaired) electrons. The van der Waals surface area contributed by atoms with Gasteiger partial charge in [0.05, 0.1) is 17.1 Å². The van der Waals surface area contributed by atoms with Crippen molar-refractivity contribution in [2.45, 2.75) is 50.6 Å². The Morgan fingerprint density at radius 2 is 1.50 bits per heavy atom. The fourth-order valence-electron chi connectivity index (χ4n) is 6.80. The van der Waals surface area contributed by atoms with Gasteiger partial charge in [-0.25, -0.2) is 17.5 Å². The number of nitrogens with two attached hydrogens (primary N) is 1. The first-order valence-corrected chi connectivity index (χ1v) is 20.3. The number of para-hydroxylation sites is 1. The number of rotatable bonds is 14. The average Bonchev–Trinajstić information content (AvgIpc) is 3.87. The van der Waals surface area contributed by atoms with Crippen molar-refractivity contribution in [3.8, 4) is 11.1 Å². The van der Waals surface area contributed by atoms with E-state index in [9.17, 15) is 22.8 Å². The number of aryl methyl sites for hydroxylation is 2. The third-order valence-corrected chi connectivity index (χ3v) is 12.1. The molecule has 0 aliphatic carbocycles. The van der Waals surface area contributed by atoms with E-state index in [0.717, 1.165) is 27.8 Å². The Morgan fingerprint density at radius 3 is 2.12 bits per heavy atom. The van der Waals surface area contributed by atoms with E-state index in [1.807, 2.05) is 79.2 Å². The number of carbonyl (C=O) groups is 4. The van der Waals surface area contributed by atoms with Crippen molar-refractivity contribution in [1.82, 2.24) is 14.2 Å². The zero-order valence-corrected chi connectivity index (χ0v) is 33.0. The summed E-state index contributed by atoms with van der Waals surface area (Å²) in [5.74, 6) is -3.29. The first kappa shape index (κ1) is 39.6. The van der Waals surface area contributed by atoms with Crippen LogP contribution >= 0.6 is 11.3 Å². The van der Waals surface area contributed by atoms with E-state index < -0.39 is 45.8 Å². The Kier molecular flexibility index (Phi) is 11.9. The van der Waals surface area contributed by atoms with Gasteiger partial charge in [0.25, 0.3) is 21.8 Å². The van der Waals surface area contributed by atoms with Gasteiger partial charge in [-0.2, -0.15) is 11.3 Å². The van der Waals surface area contributed by atoms with Gasteiger partial charge in [-0.1, -0.05) is 59.7 Å². The van der Waals surface area contributed by atoms with Gasteiger partial charge in [-0.15, -0.1) is 0 Å². The monoisotopic (exact) mass is 790 g/mol. The standard InChI is InChI=1S/C43H42N4O7S2/c1-5-54-43(51)31-14-16-35(17-15-31)56(52,53)47(38(40(44)48)24-34-25-45-37-9-7-6-8-36(34)37)42(50)39(46(4)41(49)33-21-27(2)20-28(3)22-33)23-29-10-12-30(13-11-29)32-18-19-55-26-32/h6-22,25-26,38-39,45H,5,23-24H2,1-4H3,(H2,44,48)/t38-,39-/m0/s1. The minimum atomic E-state index is -4.88. The number of benzene rings is 4. The number of ether oxygens (including phenoxy) is 1. The molecule has 3 amide bonds. The highest BCUT2D eigenvalue weighted by Gasteiger charge is 2.44. The van der Waals surface area contributed by atoms with Gasteiger partial charge < -0.3 is 20.4 Å². The summed E-state index contributed by atoms with van der Waals surface area (Å²) < 4.78 is 35.3. The second-order valence-electron chi connectivity index (χ2n) is 13.6. The molecule has 6 rings (SSSR count). The lowest BCUT2D eigenvalue weighted by Gasteiger charge is -2.35. The van der Waals surface area contributed by atoms with E-state index in [2.05, 4.69) is 4.98 Å². The number of aromatic amines is 1. The lowest BCUT2D eigenvalue weighted by molar-refractivity contribution is -0.137. The SMILES string of the molecule is CCOC(=O)c1ccc(S(=O)(=O)N(C(=O)[C@H](Cc2ccc(-c3ccsc3)cc2)N(C)C(=O)c2cc(C)cc(C)c2)[C@@H](Cc2c[nH]c3ccccc23)C(N)=O)cc1. The fraction of sp³-hybridized carbons (Fsp3) is 0.209.